The normalized spacial score (nSPS) is 26.7. The zero-order chi connectivity index (χ0) is 11.3. The molecule has 2 atom stereocenters. The third-order valence-electron chi connectivity index (χ3n) is 3.10. The lowest BCUT2D eigenvalue weighted by atomic mass is 10.1. The first kappa shape index (κ1) is 13.0. The Morgan fingerprint density at radius 1 is 1.40 bits per heavy atom. The van der Waals surface area contributed by atoms with Gasteiger partial charge in [0, 0.05) is 12.1 Å². The van der Waals surface area contributed by atoms with E-state index in [1.165, 1.54) is 19.3 Å². The van der Waals surface area contributed by atoms with E-state index >= 15 is 0 Å². The predicted octanol–water partition coefficient (Wildman–Crippen LogP) is 1.73. The van der Waals surface area contributed by atoms with E-state index < -0.39 is 9.84 Å². The van der Waals surface area contributed by atoms with Gasteiger partial charge in [0.2, 0.25) is 0 Å². The minimum absolute atomic E-state index is 0.205. The van der Waals surface area contributed by atoms with Gasteiger partial charge in [-0.2, -0.15) is 0 Å². The van der Waals surface area contributed by atoms with Crippen molar-refractivity contribution < 1.29 is 8.42 Å². The zero-order valence-corrected chi connectivity index (χ0v) is 10.6. The van der Waals surface area contributed by atoms with Crippen LogP contribution in [0.15, 0.2) is 0 Å². The molecule has 1 saturated heterocycles. The van der Waals surface area contributed by atoms with Crippen LogP contribution in [0.3, 0.4) is 0 Å². The second kappa shape index (κ2) is 5.85. The summed E-state index contributed by atoms with van der Waals surface area (Å²) < 4.78 is 22.6. The quantitative estimate of drug-likeness (QED) is 0.760. The van der Waals surface area contributed by atoms with Crippen molar-refractivity contribution >= 4 is 9.84 Å². The van der Waals surface area contributed by atoms with E-state index in [0.29, 0.717) is 17.5 Å². The molecule has 1 N–H and O–H groups in total. The maximum absolute atomic E-state index is 11.3. The summed E-state index contributed by atoms with van der Waals surface area (Å²) in [4.78, 5) is 0. The molecule has 0 aromatic rings. The summed E-state index contributed by atoms with van der Waals surface area (Å²) >= 11 is 0. The minimum atomic E-state index is -2.73. The first-order valence-electron chi connectivity index (χ1n) is 6.04. The molecular weight excluding hydrogens is 210 g/mol. The lowest BCUT2D eigenvalue weighted by molar-refractivity contribution is 0.406. The molecule has 0 amide bonds. The van der Waals surface area contributed by atoms with E-state index in [1.807, 2.05) is 0 Å². The van der Waals surface area contributed by atoms with Crippen molar-refractivity contribution in [2.24, 2.45) is 0 Å². The van der Waals surface area contributed by atoms with Crippen molar-refractivity contribution in [3.8, 4) is 0 Å². The van der Waals surface area contributed by atoms with Crippen LogP contribution in [-0.4, -0.2) is 32.0 Å². The summed E-state index contributed by atoms with van der Waals surface area (Å²) in [5.74, 6) is 0.713. The van der Waals surface area contributed by atoms with Gasteiger partial charge in [-0.15, -0.1) is 0 Å². The number of hydrogen-bond donors (Lipinski definition) is 1. The van der Waals surface area contributed by atoms with Gasteiger partial charge in [-0.05, 0) is 19.3 Å². The van der Waals surface area contributed by atoms with Crippen molar-refractivity contribution in [2.45, 2.75) is 58.0 Å². The van der Waals surface area contributed by atoms with Crippen molar-refractivity contribution in [1.82, 2.24) is 5.32 Å². The molecule has 1 fully saturated rings. The van der Waals surface area contributed by atoms with Gasteiger partial charge in [-0.25, -0.2) is 8.42 Å². The van der Waals surface area contributed by atoms with E-state index in [-0.39, 0.29) is 6.04 Å². The Morgan fingerprint density at radius 3 is 2.60 bits per heavy atom. The van der Waals surface area contributed by atoms with Crippen LogP contribution in [0.1, 0.15) is 46.0 Å². The van der Waals surface area contributed by atoms with Crippen LogP contribution in [0.5, 0.6) is 0 Å². The summed E-state index contributed by atoms with van der Waals surface area (Å²) in [7, 11) is -2.73. The molecule has 0 saturated carbocycles. The Labute approximate surface area is 93.6 Å². The summed E-state index contributed by atoms with van der Waals surface area (Å²) in [6.45, 7) is 4.35. The van der Waals surface area contributed by atoms with Gasteiger partial charge in [-0.1, -0.05) is 26.7 Å². The van der Waals surface area contributed by atoms with Crippen LogP contribution in [0, 0.1) is 0 Å². The molecule has 1 rings (SSSR count). The summed E-state index contributed by atoms with van der Waals surface area (Å²) in [5, 5.41) is 3.48. The van der Waals surface area contributed by atoms with Gasteiger partial charge in [0.05, 0.1) is 11.5 Å². The van der Waals surface area contributed by atoms with Crippen LogP contribution in [0.4, 0.5) is 0 Å². The minimum Gasteiger partial charge on any atom is -0.310 e. The largest absolute Gasteiger partial charge is 0.310 e. The number of rotatable bonds is 6. The smallest absolute Gasteiger partial charge is 0.151 e. The monoisotopic (exact) mass is 233 g/mol. The zero-order valence-electron chi connectivity index (χ0n) is 9.83. The van der Waals surface area contributed by atoms with Crippen molar-refractivity contribution in [3.05, 3.63) is 0 Å². The van der Waals surface area contributed by atoms with E-state index in [2.05, 4.69) is 19.2 Å². The molecule has 0 radical (unpaired) electrons. The van der Waals surface area contributed by atoms with E-state index in [4.69, 9.17) is 0 Å². The average molecular weight is 233 g/mol. The summed E-state index contributed by atoms with van der Waals surface area (Å²) in [5.41, 5.74) is 0. The Morgan fingerprint density at radius 2 is 2.13 bits per heavy atom. The predicted molar refractivity (Wildman–Crippen MR) is 63.8 cm³/mol. The van der Waals surface area contributed by atoms with Gasteiger partial charge in [-0.3, -0.25) is 0 Å². The number of hydrogen-bond acceptors (Lipinski definition) is 3. The Kier molecular flexibility index (Phi) is 5.06. The van der Waals surface area contributed by atoms with Crippen molar-refractivity contribution in [2.75, 3.05) is 11.5 Å². The topological polar surface area (TPSA) is 46.2 Å². The molecule has 0 spiro atoms. The van der Waals surface area contributed by atoms with Crippen LogP contribution < -0.4 is 5.32 Å². The Bertz CT molecular complexity index is 274. The molecule has 0 aromatic carbocycles. The summed E-state index contributed by atoms with van der Waals surface area (Å²) in [6, 6.07) is 0.708. The molecule has 90 valence electrons. The molecule has 4 heteroatoms. The second-order valence-electron chi connectivity index (χ2n) is 4.51. The van der Waals surface area contributed by atoms with Gasteiger partial charge in [0.1, 0.15) is 0 Å². The molecule has 1 aliphatic heterocycles. The molecular formula is C11H23NO2S. The van der Waals surface area contributed by atoms with Crippen LogP contribution >= 0.6 is 0 Å². The lowest BCUT2D eigenvalue weighted by Gasteiger charge is -2.20. The highest BCUT2D eigenvalue weighted by Crippen LogP contribution is 2.14. The molecule has 1 aliphatic rings. The standard InChI is InChI=1S/C11H23NO2S/c1-3-5-6-10(4-2)12-11-7-8-15(13,14)9-11/h10-12H,3-9H2,1-2H3/t10-,11-/m0/s1. The van der Waals surface area contributed by atoms with E-state index in [0.717, 1.165) is 12.8 Å². The highest BCUT2D eigenvalue weighted by molar-refractivity contribution is 7.91. The van der Waals surface area contributed by atoms with Gasteiger partial charge in [0.25, 0.3) is 0 Å². The maximum Gasteiger partial charge on any atom is 0.151 e. The Balaban J connectivity index is 2.33. The lowest BCUT2D eigenvalue weighted by Crippen LogP contribution is -2.38. The van der Waals surface area contributed by atoms with Crippen molar-refractivity contribution in [1.29, 1.82) is 0 Å². The fourth-order valence-electron chi connectivity index (χ4n) is 2.12. The van der Waals surface area contributed by atoms with Gasteiger partial charge in [0.15, 0.2) is 9.84 Å². The second-order valence-corrected chi connectivity index (χ2v) is 6.74. The maximum atomic E-state index is 11.3. The fourth-order valence-corrected chi connectivity index (χ4v) is 3.80. The first-order chi connectivity index (χ1) is 7.07. The molecule has 15 heavy (non-hydrogen) atoms. The molecule has 1 heterocycles. The molecule has 3 nitrogen and oxygen atoms in total. The highest BCUT2D eigenvalue weighted by atomic mass is 32.2. The molecule has 0 unspecified atom stereocenters. The van der Waals surface area contributed by atoms with Crippen LogP contribution in [-0.2, 0) is 9.84 Å². The van der Waals surface area contributed by atoms with Crippen molar-refractivity contribution in [3.63, 3.8) is 0 Å². The molecule has 0 aliphatic carbocycles. The van der Waals surface area contributed by atoms with Crippen LogP contribution in [0.25, 0.3) is 0 Å². The highest BCUT2D eigenvalue weighted by Gasteiger charge is 2.28. The Hall–Kier alpha value is -0.0900. The first-order valence-corrected chi connectivity index (χ1v) is 7.86. The molecule has 0 bridgehead atoms. The van der Waals surface area contributed by atoms with Crippen LogP contribution in [0.2, 0.25) is 0 Å². The third kappa shape index (κ3) is 4.51. The van der Waals surface area contributed by atoms with Gasteiger partial charge >= 0.3 is 0 Å². The molecule has 0 aromatic heterocycles. The number of sulfone groups is 1. The average Bonchev–Trinajstić information content (AvgIpc) is 2.52. The van der Waals surface area contributed by atoms with Gasteiger partial charge < -0.3 is 5.32 Å². The number of nitrogens with one attached hydrogen (secondary N) is 1. The number of unbranched alkanes of at least 4 members (excludes halogenated alkanes) is 1. The third-order valence-corrected chi connectivity index (χ3v) is 4.87. The SMILES string of the molecule is CCCC[C@H](CC)N[C@H]1CCS(=O)(=O)C1. The summed E-state index contributed by atoms with van der Waals surface area (Å²) in [6.07, 6.45) is 5.50. The fraction of sp³-hybridized carbons (Fsp3) is 1.00. The van der Waals surface area contributed by atoms with E-state index in [9.17, 15) is 8.42 Å². The van der Waals surface area contributed by atoms with E-state index in [1.54, 1.807) is 0 Å².